The van der Waals surface area contributed by atoms with Gasteiger partial charge in [0.25, 0.3) is 0 Å². The number of esters is 2. The third-order valence-corrected chi connectivity index (χ3v) is 7.55. The molecule has 2 heterocycles. The van der Waals surface area contributed by atoms with Crippen molar-refractivity contribution in [1.82, 2.24) is 5.32 Å². The SMILES string of the molecule is COc1ccc(C(=O)/C=C/[C@@H]2O[C@@]3(CC(=O)OCc4ccccc4)[C@H](C(=O)OCc4ccccc4)NC(=O)[C@H]3[C@@H]2O)cc1. The van der Waals surface area contributed by atoms with Crippen molar-refractivity contribution in [3.63, 3.8) is 0 Å². The molecule has 1 amide bonds. The van der Waals surface area contributed by atoms with Gasteiger partial charge >= 0.3 is 11.9 Å². The molecule has 0 aromatic heterocycles. The van der Waals surface area contributed by atoms with Gasteiger partial charge in [-0.1, -0.05) is 60.7 Å². The summed E-state index contributed by atoms with van der Waals surface area (Å²) in [5.41, 5.74) is 0.00725. The maximum atomic E-state index is 13.4. The number of hydrogen-bond donors (Lipinski definition) is 2. The van der Waals surface area contributed by atoms with Crippen LogP contribution in [0.25, 0.3) is 0 Å². The molecule has 3 aromatic carbocycles. The Balaban J connectivity index is 1.37. The lowest BCUT2D eigenvalue weighted by atomic mass is 9.80. The molecule has 43 heavy (non-hydrogen) atoms. The minimum Gasteiger partial charge on any atom is -0.497 e. The summed E-state index contributed by atoms with van der Waals surface area (Å²) in [6, 6.07) is 23.0. The van der Waals surface area contributed by atoms with Crippen molar-refractivity contribution in [2.24, 2.45) is 5.92 Å². The number of nitrogens with one attached hydrogen (secondary N) is 1. The normalized spacial score (nSPS) is 24.3. The Morgan fingerprint density at radius 1 is 0.907 bits per heavy atom. The van der Waals surface area contributed by atoms with Crippen molar-refractivity contribution in [2.45, 2.75) is 43.5 Å². The monoisotopic (exact) mass is 585 g/mol. The van der Waals surface area contributed by atoms with Crippen LogP contribution in [0.4, 0.5) is 0 Å². The van der Waals surface area contributed by atoms with Crippen LogP contribution in [-0.4, -0.2) is 59.7 Å². The molecule has 0 unspecified atom stereocenters. The molecule has 0 spiro atoms. The van der Waals surface area contributed by atoms with E-state index < -0.39 is 54.0 Å². The topological polar surface area (TPSA) is 137 Å². The predicted molar refractivity (Wildman–Crippen MR) is 153 cm³/mol. The van der Waals surface area contributed by atoms with E-state index >= 15 is 0 Å². The van der Waals surface area contributed by atoms with E-state index in [-0.39, 0.29) is 19.0 Å². The number of rotatable bonds is 11. The summed E-state index contributed by atoms with van der Waals surface area (Å²) in [4.78, 5) is 52.4. The molecule has 3 aromatic rings. The molecule has 0 radical (unpaired) electrons. The standard InChI is InChI=1S/C33H31NO9/c1-40-24-14-12-23(13-15-24)25(35)16-17-26-29(37)28-31(38)34-30(32(39)42-20-22-10-6-3-7-11-22)33(28,43-26)18-27(36)41-19-21-8-4-2-5-9-21/h2-17,26,28-30,37H,18-20H2,1H3,(H,34,38)/b17-16+/t26-,28+,29+,30-,33+/m0/s1. The van der Waals surface area contributed by atoms with Gasteiger partial charge in [-0.05, 0) is 47.5 Å². The van der Waals surface area contributed by atoms with E-state index in [4.69, 9.17) is 18.9 Å². The summed E-state index contributed by atoms with van der Waals surface area (Å²) >= 11 is 0. The van der Waals surface area contributed by atoms with Gasteiger partial charge in [0.15, 0.2) is 11.8 Å². The van der Waals surface area contributed by atoms with Crippen LogP contribution < -0.4 is 10.1 Å². The van der Waals surface area contributed by atoms with E-state index in [2.05, 4.69) is 5.32 Å². The number of methoxy groups -OCH3 is 1. The molecule has 0 aliphatic carbocycles. The fraction of sp³-hybridized carbons (Fsp3) is 0.273. The van der Waals surface area contributed by atoms with Crippen LogP contribution in [0.1, 0.15) is 27.9 Å². The van der Waals surface area contributed by atoms with Crippen molar-refractivity contribution in [1.29, 1.82) is 0 Å². The molecule has 5 atom stereocenters. The highest BCUT2D eigenvalue weighted by Gasteiger charge is 2.68. The molecule has 2 aliphatic heterocycles. The molecule has 2 aliphatic rings. The number of fused-ring (bicyclic) bond motifs is 1. The molecule has 2 fully saturated rings. The van der Waals surface area contributed by atoms with Crippen LogP contribution in [-0.2, 0) is 41.8 Å². The van der Waals surface area contributed by atoms with Gasteiger partial charge in [0.05, 0.1) is 25.6 Å². The van der Waals surface area contributed by atoms with Gasteiger partial charge in [0.1, 0.15) is 30.7 Å². The molecule has 2 saturated heterocycles. The number of aliphatic hydroxyl groups is 1. The maximum absolute atomic E-state index is 13.4. The highest BCUT2D eigenvalue weighted by atomic mass is 16.6. The smallest absolute Gasteiger partial charge is 0.332 e. The minimum atomic E-state index is -1.82. The van der Waals surface area contributed by atoms with Crippen molar-refractivity contribution in [3.8, 4) is 5.75 Å². The largest absolute Gasteiger partial charge is 0.497 e. The summed E-state index contributed by atoms with van der Waals surface area (Å²) in [7, 11) is 1.51. The van der Waals surface area contributed by atoms with E-state index in [1.54, 1.807) is 72.8 Å². The zero-order chi connectivity index (χ0) is 30.4. The quantitative estimate of drug-likeness (QED) is 0.198. The van der Waals surface area contributed by atoms with Crippen LogP contribution in [0.3, 0.4) is 0 Å². The molecule has 0 saturated carbocycles. The van der Waals surface area contributed by atoms with Gasteiger partial charge in [-0.3, -0.25) is 14.4 Å². The number of aliphatic hydroxyl groups excluding tert-OH is 1. The van der Waals surface area contributed by atoms with Crippen LogP contribution in [0.2, 0.25) is 0 Å². The lowest BCUT2D eigenvalue weighted by Gasteiger charge is -2.31. The first-order valence-electron chi connectivity index (χ1n) is 13.7. The Morgan fingerprint density at radius 2 is 1.51 bits per heavy atom. The fourth-order valence-electron chi connectivity index (χ4n) is 5.38. The van der Waals surface area contributed by atoms with Crippen molar-refractivity contribution in [3.05, 3.63) is 114 Å². The first-order valence-corrected chi connectivity index (χ1v) is 13.7. The first-order chi connectivity index (χ1) is 20.8. The summed E-state index contributed by atoms with van der Waals surface area (Å²) in [6.45, 7) is -0.110. The summed E-state index contributed by atoms with van der Waals surface area (Å²) in [6.07, 6.45) is -0.619. The van der Waals surface area contributed by atoms with Crippen LogP contribution in [0.15, 0.2) is 97.1 Å². The molecular formula is C33H31NO9. The lowest BCUT2D eigenvalue weighted by Crippen LogP contribution is -2.53. The molecule has 2 N–H and O–H groups in total. The second-order valence-corrected chi connectivity index (χ2v) is 10.3. The zero-order valence-corrected chi connectivity index (χ0v) is 23.4. The highest BCUT2D eigenvalue weighted by molar-refractivity contribution is 6.04. The van der Waals surface area contributed by atoms with Gasteiger partial charge in [0, 0.05) is 5.56 Å². The Hall–Kier alpha value is -4.80. The number of hydrogen-bond acceptors (Lipinski definition) is 9. The maximum Gasteiger partial charge on any atom is 0.332 e. The third-order valence-electron chi connectivity index (χ3n) is 7.55. The van der Waals surface area contributed by atoms with Crippen molar-refractivity contribution >= 4 is 23.6 Å². The van der Waals surface area contributed by atoms with Gasteiger partial charge < -0.3 is 29.4 Å². The number of benzene rings is 3. The molecule has 10 heteroatoms. The van der Waals surface area contributed by atoms with Gasteiger partial charge in [-0.2, -0.15) is 0 Å². The summed E-state index contributed by atoms with van der Waals surface area (Å²) < 4.78 is 22.3. The van der Waals surface area contributed by atoms with E-state index in [1.807, 2.05) is 12.1 Å². The van der Waals surface area contributed by atoms with Crippen LogP contribution >= 0.6 is 0 Å². The van der Waals surface area contributed by atoms with Crippen LogP contribution in [0, 0.1) is 5.92 Å². The average Bonchev–Trinajstić information content (AvgIpc) is 3.48. The Morgan fingerprint density at radius 3 is 2.12 bits per heavy atom. The van der Waals surface area contributed by atoms with E-state index in [1.165, 1.54) is 19.3 Å². The second kappa shape index (κ2) is 13.0. The Bertz CT molecular complexity index is 1490. The third kappa shape index (κ3) is 6.50. The zero-order valence-electron chi connectivity index (χ0n) is 23.4. The van der Waals surface area contributed by atoms with Crippen LogP contribution in [0.5, 0.6) is 5.75 Å². The minimum absolute atomic E-state index is 0.0346. The van der Waals surface area contributed by atoms with Gasteiger partial charge in [-0.25, -0.2) is 4.79 Å². The number of carbonyl (C=O) groups is 4. The fourth-order valence-corrected chi connectivity index (χ4v) is 5.38. The molecular weight excluding hydrogens is 554 g/mol. The molecule has 5 rings (SSSR count). The predicted octanol–water partition coefficient (Wildman–Crippen LogP) is 2.92. The van der Waals surface area contributed by atoms with Crippen molar-refractivity contribution < 1.29 is 43.2 Å². The van der Waals surface area contributed by atoms with E-state index in [0.29, 0.717) is 11.3 Å². The molecule has 0 bridgehead atoms. The number of carbonyl (C=O) groups excluding carboxylic acids is 4. The number of allylic oxidation sites excluding steroid dienone is 1. The van der Waals surface area contributed by atoms with Gasteiger partial charge in [0.2, 0.25) is 5.91 Å². The second-order valence-electron chi connectivity index (χ2n) is 10.3. The lowest BCUT2D eigenvalue weighted by molar-refractivity contribution is -0.163. The number of ether oxygens (including phenoxy) is 4. The first kappa shape index (κ1) is 29.7. The number of amides is 1. The summed E-state index contributed by atoms with van der Waals surface area (Å²) in [5.74, 6) is -3.35. The molecule has 10 nitrogen and oxygen atoms in total. The molecule has 222 valence electrons. The number of ketones is 1. The highest BCUT2D eigenvalue weighted by Crippen LogP contribution is 2.46. The van der Waals surface area contributed by atoms with E-state index in [9.17, 15) is 24.3 Å². The van der Waals surface area contributed by atoms with Gasteiger partial charge in [-0.15, -0.1) is 0 Å². The Kier molecular flexibility index (Phi) is 8.98. The summed E-state index contributed by atoms with van der Waals surface area (Å²) in [5, 5.41) is 13.8. The van der Waals surface area contributed by atoms with E-state index in [0.717, 1.165) is 11.1 Å². The Labute approximate surface area is 248 Å². The van der Waals surface area contributed by atoms with Crippen molar-refractivity contribution in [2.75, 3.05) is 7.11 Å². The average molecular weight is 586 g/mol.